The van der Waals surface area contributed by atoms with E-state index in [-0.39, 0.29) is 5.69 Å². The Morgan fingerprint density at radius 1 is 1.67 bits per heavy atom. The number of hydrogen-bond donors (Lipinski definition) is 1. The van der Waals surface area contributed by atoms with Crippen molar-refractivity contribution < 1.29 is 9.66 Å². The van der Waals surface area contributed by atoms with E-state index in [2.05, 4.69) is 10.3 Å². The number of likely N-dealkylation sites (N-methyl/N-ethyl adjacent to an activating group) is 1. The molecule has 0 spiro atoms. The van der Waals surface area contributed by atoms with Gasteiger partial charge < -0.3 is 10.1 Å². The summed E-state index contributed by atoms with van der Waals surface area (Å²) in [6.07, 6.45) is 1.21. The van der Waals surface area contributed by atoms with Gasteiger partial charge in [-0.05, 0) is 14.0 Å². The van der Waals surface area contributed by atoms with Crippen LogP contribution in [0.3, 0.4) is 0 Å². The van der Waals surface area contributed by atoms with Crippen molar-refractivity contribution in [2.75, 3.05) is 20.2 Å². The minimum absolute atomic E-state index is 0.0102. The standard InChI is InChI=1S/C9H13N3O3/c1-7-5-9(15-4-3-10-2)11-6-8(7)12(13)14/h5-6,10H,3-4H2,1-2H3. The van der Waals surface area contributed by atoms with Gasteiger partial charge in [-0.3, -0.25) is 10.1 Å². The monoisotopic (exact) mass is 211 g/mol. The van der Waals surface area contributed by atoms with Crippen LogP contribution in [-0.2, 0) is 0 Å². The van der Waals surface area contributed by atoms with Gasteiger partial charge in [0.15, 0.2) is 0 Å². The highest BCUT2D eigenvalue weighted by Crippen LogP contribution is 2.19. The molecule has 1 aromatic rings. The van der Waals surface area contributed by atoms with Gasteiger partial charge in [-0.1, -0.05) is 0 Å². The maximum absolute atomic E-state index is 10.5. The lowest BCUT2D eigenvalue weighted by atomic mass is 10.2. The van der Waals surface area contributed by atoms with Gasteiger partial charge in [0.05, 0.1) is 4.92 Å². The normalized spacial score (nSPS) is 10.0. The van der Waals surface area contributed by atoms with Crippen LogP contribution in [0, 0.1) is 17.0 Å². The molecule has 6 heteroatoms. The Balaban J connectivity index is 2.69. The molecule has 0 aromatic carbocycles. The number of nitrogens with zero attached hydrogens (tertiary/aromatic N) is 2. The van der Waals surface area contributed by atoms with Crippen molar-refractivity contribution in [2.45, 2.75) is 6.92 Å². The van der Waals surface area contributed by atoms with Crippen LogP contribution < -0.4 is 10.1 Å². The molecule has 0 saturated heterocycles. The molecule has 1 aromatic heterocycles. The first-order valence-electron chi connectivity index (χ1n) is 4.53. The zero-order valence-electron chi connectivity index (χ0n) is 8.69. The smallest absolute Gasteiger partial charge is 0.290 e. The Kier molecular flexibility index (Phi) is 3.99. The third kappa shape index (κ3) is 3.17. The van der Waals surface area contributed by atoms with E-state index in [1.807, 2.05) is 7.05 Å². The highest BCUT2D eigenvalue weighted by molar-refractivity contribution is 5.39. The van der Waals surface area contributed by atoms with Gasteiger partial charge in [-0.25, -0.2) is 4.98 Å². The van der Waals surface area contributed by atoms with Crippen LogP contribution in [0.1, 0.15) is 5.56 Å². The molecule has 0 atom stereocenters. The van der Waals surface area contributed by atoms with Crippen molar-refractivity contribution in [3.05, 3.63) is 27.9 Å². The van der Waals surface area contributed by atoms with Crippen molar-refractivity contribution in [3.63, 3.8) is 0 Å². The van der Waals surface area contributed by atoms with Crippen molar-refractivity contribution in [2.24, 2.45) is 0 Å². The minimum Gasteiger partial charge on any atom is -0.476 e. The average Bonchev–Trinajstić information content (AvgIpc) is 2.17. The van der Waals surface area contributed by atoms with Crippen molar-refractivity contribution >= 4 is 5.69 Å². The van der Waals surface area contributed by atoms with Crippen molar-refractivity contribution in [1.82, 2.24) is 10.3 Å². The molecule has 1 heterocycles. The predicted octanol–water partition coefficient (Wildman–Crippen LogP) is 0.896. The number of nitro groups is 1. The molecular formula is C9H13N3O3. The summed E-state index contributed by atoms with van der Waals surface area (Å²) >= 11 is 0. The second-order valence-corrected chi connectivity index (χ2v) is 3.02. The number of nitrogens with one attached hydrogen (secondary N) is 1. The first-order valence-corrected chi connectivity index (χ1v) is 4.53. The van der Waals surface area contributed by atoms with E-state index in [0.717, 1.165) is 0 Å². The molecule has 0 aliphatic heterocycles. The fourth-order valence-electron chi connectivity index (χ4n) is 1.05. The summed E-state index contributed by atoms with van der Waals surface area (Å²) in [4.78, 5) is 13.9. The lowest BCUT2D eigenvalue weighted by Crippen LogP contribution is -2.16. The Bertz CT molecular complexity index is 354. The molecule has 1 rings (SSSR count). The van der Waals surface area contributed by atoms with E-state index in [9.17, 15) is 10.1 Å². The van der Waals surface area contributed by atoms with E-state index in [1.165, 1.54) is 6.20 Å². The summed E-state index contributed by atoms with van der Waals surface area (Å²) in [6, 6.07) is 1.56. The second-order valence-electron chi connectivity index (χ2n) is 3.02. The maximum atomic E-state index is 10.5. The number of ether oxygens (including phenoxy) is 1. The molecule has 82 valence electrons. The number of aromatic nitrogens is 1. The fraction of sp³-hybridized carbons (Fsp3) is 0.444. The Labute approximate surface area is 87.4 Å². The summed E-state index contributed by atoms with van der Waals surface area (Å²) in [5.41, 5.74) is 0.561. The Morgan fingerprint density at radius 3 is 2.93 bits per heavy atom. The van der Waals surface area contributed by atoms with Crippen LogP contribution in [0.5, 0.6) is 5.88 Å². The number of aryl methyl sites for hydroxylation is 1. The third-order valence-corrected chi connectivity index (χ3v) is 1.86. The van der Waals surface area contributed by atoms with Crippen LogP contribution in [0.2, 0.25) is 0 Å². The molecule has 0 unspecified atom stereocenters. The highest BCUT2D eigenvalue weighted by atomic mass is 16.6. The summed E-state index contributed by atoms with van der Waals surface area (Å²) in [5.74, 6) is 0.411. The molecule has 0 aliphatic carbocycles. The quantitative estimate of drug-likeness (QED) is 0.444. The summed E-state index contributed by atoms with van der Waals surface area (Å²) in [5, 5.41) is 13.4. The molecular weight excluding hydrogens is 198 g/mol. The Hall–Kier alpha value is -1.69. The van der Waals surface area contributed by atoms with Gasteiger partial charge in [0.2, 0.25) is 5.88 Å². The van der Waals surface area contributed by atoms with E-state index in [0.29, 0.717) is 24.6 Å². The molecule has 6 nitrogen and oxygen atoms in total. The van der Waals surface area contributed by atoms with Crippen LogP contribution in [0.15, 0.2) is 12.3 Å². The lowest BCUT2D eigenvalue weighted by Gasteiger charge is -2.05. The maximum Gasteiger partial charge on any atom is 0.290 e. The number of hydrogen-bond acceptors (Lipinski definition) is 5. The first-order chi connectivity index (χ1) is 7.15. The molecule has 1 N–H and O–H groups in total. The third-order valence-electron chi connectivity index (χ3n) is 1.86. The molecule has 0 saturated carbocycles. The molecule has 0 fully saturated rings. The minimum atomic E-state index is -0.459. The van der Waals surface area contributed by atoms with Crippen LogP contribution in [0.25, 0.3) is 0 Å². The zero-order valence-corrected chi connectivity index (χ0v) is 8.69. The summed E-state index contributed by atoms with van der Waals surface area (Å²) in [6.45, 7) is 2.85. The largest absolute Gasteiger partial charge is 0.476 e. The number of pyridine rings is 1. The summed E-state index contributed by atoms with van der Waals surface area (Å²) in [7, 11) is 1.82. The van der Waals surface area contributed by atoms with Crippen LogP contribution in [0.4, 0.5) is 5.69 Å². The van der Waals surface area contributed by atoms with Gasteiger partial charge in [-0.15, -0.1) is 0 Å². The van der Waals surface area contributed by atoms with Crippen LogP contribution >= 0.6 is 0 Å². The van der Waals surface area contributed by atoms with Gasteiger partial charge in [-0.2, -0.15) is 0 Å². The van der Waals surface area contributed by atoms with E-state index in [1.54, 1.807) is 13.0 Å². The predicted molar refractivity (Wildman–Crippen MR) is 55.1 cm³/mol. The Morgan fingerprint density at radius 2 is 2.40 bits per heavy atom. The second kappa shape index (κ2) is 5.26. The SMILES string of the molecule is CNCCOc1cc(C)c([N+](=O)[O-])cn1. The fourth-order valence-corrected chi connectivity index (χ4v) is 1.05. The van der Waals surface area contributed by atoms with Gasteiger partial charge in [0, 0.05) is 18.2 Å². The molecule has 0 aliphatic rings. The van der Waals surface area contributed by atoms with E-state index in [4.69, 9.17) is 4.74 Å². The number of rotatable bonds is 5. The lowest BCUT2D eigenvalue weighted by molar-refractivity contribution is -0.385. The van der Waals surface area contributed by atoms with Crippen LogP contribution in [-0.4, -0.2) is 30.1 Å². The molecule has 0 radical (unpaired) electrons. The van der Waals surface area contributed by atoms with Gasteiger partial charge in [0.25, 0.3) is 5.69 Å². The molecule has 0 bridgehead atoms. The zero-order chi connectivity index (χ0) is 11.3. The van der Waals surface area contributed by atoms with Crippen molar-refractivity contribution in [3.8, 4) is 5.88 Å². The molecule has 0 amide bonds. The summed E-state index contributed by atoms with van der Waals surface area (Å²) < 4.78 is 5.27. The van der Waals surface area contributed by atoms with Gasteiger partial charge >= 0.3 is 0 Å². The van der Waals surface area contributed by atoms with E-state index < -0.39 is 4.92 Å². The van der Waals surface area contributed by atoms with E-state index >= 15 is 0 Å². The topological polar surface area (TPSA) is 77.3 Å². The average molecular weight is 211 g/mol. The molecule has 15 heavy (non-hydrogen) atoms. The highest BCUT2D eigenvalue weighted by Gasteiger charge is 2.11. The van der Waals surface area contributed by atoms with Crippen molar-refractivity contribution in [1.29, 1.82) is 0 Å². The first kappa shape index (κ1) is 11.4. The van der Waals surface area contributed by atoms with Gasteiger partial charge in [0.1, 0.15) is 12.8 Å².